The summed E-state index contributed by atoms with van der Waals surface area (Å²) in [5.41, 5.74) is 0. The first-order valence-electron chi connectivity index (χ1n) is 6.78. The Morgan fingerprint density at radius 3 is 3.00 bits per heavy atom. The molecule has 1 saturated heterocycles. The third kappa shape index (κ3) is 5.80. The van der Waals surface area contributed by atoms with E-state index >= 15 is 0 Å². The number of carbonyl (C=O) groups is 1. The van der Waals surface area contributed by atoms with Crippen molar-refractivity contribution in [1.29, 1.82) is 0 Å². The lowest BCUT2D eigenvalue weighted by Crippen LogP contribution is -2.37. The number of methoxy groups -OCH3 is 1. The van der Waals surface area contributed by atoms with E-state index in [0.29, 0.717) is 13.2 Å². The van der Waals surface area contributed by atoms with E-state index in [1.807, 2.05) is 6.92 Å². The number of ether oxygens (including phenoxy) is 3. The van der Waals surface area contributed by atoms with Crippen molar-refractivity contribution in [3.05, 3.63) is 0 Å². The van der Waals surface area contributed by atoms with Crippen LogP contribution in [0.5, 0.6) is 0 Å². The second kappa shape index (κ2) is 9.30. The van der Waals surface area contributed by atoms with Gasteiger partial charge in [0.05, 0.1) is 19.8 Å². The van der Waals surface area contributed by atoms with E-state index < -0.39 is 0 Å². The second-order valence-corrected chi connectivity index (χ2v) is 4.50. The fraction of sp³-hybridized carbons (Fsp3) is 0.923. The van der Waals surface area contributed by atoms with Crippen molar-refractivity contribution in [2.75, 3.05) is 33.5 Å². The summed E-state index contributed by atoms with van der Waals surface area (Å²) in [6, 6.07) is -0.201. The van der Waals surface area contributed by atoms with Crippen LogP contribution < -0.4 is 5.32 Å². The first-order chi connectivity index (χ1) is 8.77. The summed E-state index contributed by atoms with van der Waals surface area (Å²) < 4.78 is 15.7. The zero-order valence-electron chi connectivity index (χ0n) is 11.4. The van der Waals surface area contributed by atoms with Crippen LogP contribution >= 0.6 is 0 Å². The highest BCUT2D eigenvalue weighted by molar-refractivity contribution is 5.75. The highest BCUT2D eigenvalue weighted by atomic mass is 16.5. The van der Waals surface area contributed by atoms with Crippen LogP contribution in [0.2, 0.25) is 0 Å². The highest BCUT2D eigenvalue weighted by Gasteiger charge is 2.16. The van der Waals surface area contributed by atoms with E-state index in [2.05, 4.69) is 5.32 Å². The third-order valence-electron chi connectivity index (χ3n) is 3.08. The average molecular weight is 259 g/mol. The van der Waals surface area contributed by atoms with Gasteiger partial charge in [-0.1, -0.05) is 6.92 Å². The largest absolute Gasteiger partial charge is 0.468 e. The van der Waals surface area contributed by atoms with E-state index in [1.54, 1.807) is 0 Å². The van der Waals surface area contributed by atoms with E-state index in [4.69, 9.17) is 14.2 Å². The zero-order chi connectivity index (χ0) is 13.2. The van der Waals surface area contributed by atoms with Crippen molar-refractivity contribution in [1.82, 2.24) is 5.32 Å². The molecule has 1 heterocycles. The quantitative estimate of drug-likeness (QED) is 0.496. The van der Waals surface area contributed by atoms with E-state index in [0.717, 1.165) is 38.8 Å². The minimum absolute atomic E-state index is 0.197. The Bertz CT molecular complexity index is 229. The second-order valence-electron chi connectivity index (χ2n) is 4.50. The Morgan fingerprint density at radius 2 is 2.39 bits per heavy atom. The molecule has 0 bridgehead atoms. The molecule has 0 spiro atoms. The van der Waals surface area contributed by atoms with Crippen molar-refractivity contribution < 1.29 is 19.0 Å². The molecular weight excluding hydrogens is 234 g/mol. The lowest BCUT2D eigenvalue weighted by molar-refractivity contribution is -0.143. The van der Waals surface area contributed by atoms with Crippen LogP contribution in [0.3, 0.4) is 0 Å². The SMILES string of the molecule is CCC(NCCCOCC1CCCO1)C(=O)OC. The first kappa shape index (κ1) is 15.4. The van der Waals surface area contributed by atoms with Gasteiger partial charge in [0.1, 0.15) is 6.04 Å². The molecule has 1 fully saturated rings. The van der Waals surface area contributed by atoms with Gasteiger partial charge >= 0.3 is 5.97 Å². The Hall–Kier alpha value is -0.650. The van der Waals surface area contributed by atoms with Crippen LogP contribution in [0.15, 0.2) is 0 Å². The minimum Gasteiger partial charge on any atom is -0.468 e. The maximum Gasteiger partial charge on any atom is 0.322 e. The number of hydrogen-bond acceptors (Lipinski definition) is 5. The van der Waals surface area contributed by atoms with Gasteiger partial charge in [-0.15, -0.1) is 0 Å². The average Bonchev–Trinajstić information content (AvgIpc) is 2.90. The Kier molecular flexibility index (Phi) is 7.96. The van der Waals surface area contributed by atoms with Crippen molar-refractivity contribution in [3.8, 4) is 0 Å². The lowest BCUT2D eigenvalue weighted by Gasteiger charge is -2.14. The molecule has 1 aliphatic heterocycles. The standard InChI is InChI=1S/C13H25NO4/c1-3-12(13(15)16-2)14-7-5-8-17-10-11-6-4-9-18-11/h11-12,14H,3-10H2,1-2H3. The molecule has 1 N–H and O–H groups in total. The first-order valence-corrected chi connectivity index (χ1v) is 6.78. The predicted molar refractivity (Wildman–Crippen MR) is 68.5 cm³/mol. The molecule has 1 aliphatic rings. The molecule has 0 aromatic heterocycles. The van der Waals surface area contributed by atoms with Crippen molar-refractivity contribution in [2.45, 2.75) is 44.8 Å². The fourth-order valence-electron chi connectivity index (χ4n) is 1.98. The number of carbonyl (C=O) groups excluding carboxylic acids is 1. The van der Waals surface area contributed by atoms with Crippen LogP contribution in [0.25, 0.3) is 0 Å². The molecule has 0 aliphatic carbocycles. The Morgan fingerprint density at radius 1 is 1.56 bits per heavy atom. The van der Waals surface area contributed by atoms with Crippen molar-refractivity contribution in [3.63, 3.8) is 0 Å². The Labute approximate surface area is 109 Å². The van der Waals surface area contributed by atoms with Gasteiger partial charge in [-0.05, 0) is 32.2 Å². The smallest absolute Gasteiger partial charge is 0.322 e. The van der Waals surface area contributed by atoms with Gasteiger partial charge in [0.25, 0.3) is 0 Å². The summed E-state index contributed by atoms with van der Waals surface area (Å²) >= 11 is 0. The number of esters is 1. The summed E-state index contributed by atoms with van der Waals surface area (Å²) in [5, 5.41) is 3.16. The van der Waals surface area contributed by atoms with Gasteiger partial charge in [0.15, 0.2) is 0 Å². The van der Waals surface area contributed by atoms with Gasteiger partial charge in [-0.2, -0.15) is 0 Å². The molecule has 0 saturated carbocycles. The molecule has 2 atom stereocenters. The molecule has 5 nitrogen and oxygen atoms in total. The van der Waals surface area contributed by atoms with Crippen LogP contribution in [0, 0.1) is 0 Å². The summed E-state index contributed by atoms with van der Waals surface area (Å²) in [6.45, 7) is 4.98. The maximum absolute atomic E-state index is 11.3. The van der Waals surface area contributed by atoms with Crippen molar-refractivity contribution >= 4 is 5.97 Å². The molecular formula is C13H25NO4. The summed E-state index contributed by atoms with van der Waals surface area (Å²) in [4.78, 5) is 11.3. The molecule has 18 heavy (non-hydrogen) atoms. The lowest BCUT2D eigenvalue weighted by atomic mass is 10.2. The summed E-state index contributed by atoms with van der Waals surface area (Å²) in [7, 11) is 1.41. The van der Waals surface area contributed by atoms with Crippen LogP contribution in [-0.4, -0.2) is 51.6 Å². The molecule has 5 heteroatoms. The fourth-order valence-corrected chi connectivity index (χ4v) is 1.98. The van der Waals surface area contributed by atoms with E-state index in [9.17, 15) is 4.79 Å². The van der Waals surface area contributed by atoms with Gasteiger partial charge in [0, 0.05) is 13.2 Å². The van der Waals surface area contributed by atoms with Crippen LogP contribution in [0.4, 0.5) is 0 Å². The predicted octanol–water partition coefficient (Wildman–Crippen LogP) is 1.11. The molecule has 106 valence electrons. The van der Waals surface area contributed by atoms with Crippen LogP contribution in [-0.2, 0) is 19.0 Å². The monoisotopic (exact) mass is 259 g/mol. The number of nitrogens with one attached hydrogen (secondary N) is 1. The van der Waals surface area contributed by atoms with Gasteiger partial charge < -0.3 is 19.5 Å². The summed E-state index contributed by atoms with van der Waals surface area (Å²) in [5.74, 6) is -0.197. The van der Waals surface area contributed by atoms with Crippen LogP contribution in [0.1, 0.15) is 32.6 Å². The van der Waals surface area contributed by atoms with E-state index in [1.165, 1.54) is 7.11 Å². The molecule has 0 aromatic rings. The molecule has 0 radical (unpaired) electrons. The molecule has 0 amide bonds. The molecule has 0 aromatic carbocycles. The maximum atomic E-state index is 11.3. The number of rotatable bonds is 9. The molecule has 1 rings (SSSR count). The minimum atomic E-state index is -0.201. The van der Waals surface area contributed by atoms with Gasteiger partial charge in [-0.25, -0.2) is 0 Å². The van der Waals surface area contributed by atoms with Gasteiger partial charge in [0.2, 0.25) is 0 Å². The van der Waals surface area contributed by atoms with Crippen molar-refractivity contribution in [2.24, 2.45) is 0 Å². The molecule has 2 unspecified atom stereocenters. The third-order valence-corrected chi connectivity index (χ3v) is 3.08. The summed E-state index contributed by atoms with van der Waals surface area (Å²) in [6.07, 6.45) is 4.17. The number of hydrogen-bond donors (Lipinski definition) is 1. The Balaban J connectivity index is 1.95. The topological polar surface area (TPSA) is 56.8 Å². The highest BCUT2D eigenvalue weighted by Crippen LogP contribution is 2.11. The van der Waals surface area contributed by atoms with Gasteiger partial charge in [-0.3, -0.25) is 4.79 Å². The van der Waals surface area contributed by atoms with E-state index in [-0.39, 0.29) is 18.1 Å². The normalized spacial score (nSPS) is 20.9. The zero-order valence-corrected chi connectivity index (χ0v) is 11.4.